The average molecular weight is 150 g/mol. The highest BCUT2D eigenvalue weighted by Crippen LogP contribution is 2.18. The largest absolute Gasteiger partial charge is 0.394 e. The Balaban J connectivity index is 2.53. The second-order valence-electron chi connectivity index (χ2n) is 2.23. The van der Waals surface area contributed by atoms with Gasteiger partial charge in [0.1, 0.15) is 18.3 Å². The predicted molar refractivity (Wildman–Crippen MR) is 30.0 cm³/mol. The zero-order valence-corrected chi connectivity index (χ0v) is 5.21. The Bertz CT molecular complexity index is 117. The fourth-order valence-electron chi connectivity index (χ4n) is 0.880. The van der Waals surface area contributed by atoms with E-state index in [-0.39, 0.29) is 0 Å². The lowest BCUT2D eigenvalue weighted by molar-refractivity contribution is -0.132. The summed E-state index contributed by atoms with van der Waals surface area (Å²) in [5.74, 6) is 0. The normalized spacial score (nSPS) is 48.0. The average Bonchev–Trinajstić information content (AvgIpc) is 2.17. The van der Waals surface area contributed by atoms with Crippen LogP contribution in [-0.2, 0) is 4.74 Å². The molecule has 1 fully saturated rings. The lowest BCUT2D eigenvalue weighted by atomic mass is 10.1. The molecule has 0 aromatic heterocycles. The summed E-state index contributed by atoms with van der Waals surface area (Å²) in [6.07, 6.45) is -4.76. The van der Waals surface area contributed by atoms with Crippen LogP contribution < -0.4 is 0 Å². The van der Waals surface area contributed by atoms with Gasteiger partial charge < -0.3 is 25.2 Å². The van der Waals surface area contributed by atoms with Gasteiger partial charge in [0.05, 0.1) is 6.61 Å². The maximum absolute atomic E-state index is 8.93. The van der Waals surface area contributed by atoms with Crippen molar-refractivity contribution < 1.29 is 25.2 Å². The summed E-state index contributed by atoms with van der Waals surface area (Å²) in [6.45, 7) is -0.407. The van der Waals surface area contributed by atoms with E-state index < -0.39 is 31.2 Å². The number of aliphatic hydroxyl groups is 4. The highest BCUT2D eigenvalue weighted by molar-refractivity contribution is 4.84. The zero-order chi connectivity index (χ0) is 7.72. The lowest BCUT2D eigenvalue weighted by Crippen LogP contribution is -2.33. The van der Waals surface area contributed by atoms with Gasteiger partial charge in [-0.1, -0.05) is 0 Å². The maximum Gasteiger partial charge on any atom is 0.184 e. The fraction of sp³-hybridized carbons (Fsp3) is 1.00. The second kappa shape index (κ2) is 2.81. The molecule has 4 N–H and O–H groups in total. The van der Waals surface area contributed by atoms with Crippen LogP contribution in [-0.4, -0.2) is 51.6 Å². The van der Waals surface area contributed by atoms with E-state index in [0.717, 1.165) is 0 Å². The Morgan fingerprint density at radius 1 is 1.10 bits per heavy atom. The van der Waals surface area contributed by atoms with Gasteiger partial charge in [0.2, 0.25) is 0 Å². The van der Waals surface area contributed by atoms with Gasteiger partial charge in [-0.25, -0.2) is 0 Å². The topological polar surface area (TPSA) is 90.2 Å². The monoisotopic (exact) mass is 150 g/mol. The van der Waals surface area contributed by atoms with Gasteiger partial charge in [-0.2, -0.15) is 0 Å². The Labute approximate surface area is 57.5 Å². The van der Waals surface area contributed by atoms with Gasteiger partial charge in [-0.15, -0.1) is 0 Å². The van der Waals surface area contributed by atoms with Crippen molar-refractivity contribution in [3.8, 4) is 0 Å². The summed E-state index contributed by atoms with van der Waals surface area (Å²) in [7, 11) is 0. The van der Waals surface area contributed by atoms with Crippen LogP contribution in [0.3, 0.4) is 0 Å². The molecule has 5 heteroatoms. The molecule has 4 atom stereocenters. The Kier molecular flexibility index (Phi) is 2.22. The SMILES string of the molecule is OC[C@H]1OC(O)[C@@H](O)C1O. The van der Waals surface area contributed by atoms with E-state index in [0.29, 0.717) is 0 Å². The van der Waals surface area contributed by atoms with Crippen molar-refractivity contribution in [3.63, 3.8) is 0 Å². The van der Waals surface area contributed by atoms with Gasteiger partial charge in [0.25, 0.3) is 0 Å². The molecule has 0 bridgehead atoms. The molecule has 0 spiro atoms. The summed E-state index contributed by atoms with van der Waals surface area (Å²) < 4.78 is 4.54. The highest BCUT2D eigenvalue weighted by atomic mass is 16.6. The first kappa shape index (κ1) is 7.90. The van der Waals surface area contributed by atoms with Crippen molar-refractivity contribution in [2.75, 3.05) is 6.61 Å². The zero-order valence-electron chi connectivity index (χ0n) is 5.21. The van der Waals surface area contributed by atoms with Crippen molar-refractivity contribution in [2.45, 2.75) is 24.6 Å². The van der Waals surface area contributed by atoms with Gasteiger partial charge in [-0.05, 0) is 0 Å². The minimum absolute atomic E-state index is 0.407. The van der Waals surface area contributed by atoms with E-state index in [1.54, 1.807) is 0 Å². The number of ether oxygens (including phenoxy) is 1. The molecular formula is C5H10O5. The number of hydrogen-bond donors (Lipinski definition) is 4. The molecule has 0 radical (unpaired) electrons. The first-order valence-electron chi connectivity index (χ1n) is 2.97. The third-order valence-electron chi connectivity index (χ3n) is 1.52. The minimum Gasteiger partial charge on any atom is -0.394 e. The van der Waals surface area contributed by atoms with Crippen molar-refractivity contribution >= 4 is 0 Å². The molecule has 1 saturated heterocycles. The highest BCUT2D eigenvalue weighted by Gasteiger charge is 2.41. The van der Waals surface area contributed by atoms with E-state index >= 15 is 0 Å². The van der Waals surface area contributed by atoms with Crippen LogP contribution in [0.15, 0.2) is 0 Å². The molecule has 1 rings (SSSR count). The minimum atomic E-state index is -1.38. The molecule has 2 unspecified atom stereocenters. The quantitative estimate of drug-likeness (QED) is 0.329. The summed E-state index contributed by atoms with van der Waals surface area (Å²) in [6, 6.07) is 0. The van der Waals surface area contributed by atoms with Crippen LogP contribution in [0.25, 0.3) is 0 Å². The molecule has 0 aromatic carbocycles. The van der Waals surface area contributed by atoms with E-state index in [1.807, 2.05) is 0 Å². The second-order valence-corrected chi connectivity index (χ2v) is 2.23. The molecule has 1 aliphatic heterocycles. The van der Waals surface area contributed by atoms with Crippen LogP contribution in [0.1, 0.15) is 0 Å². The summed E-state index contributed by atoms with van der Waals surface area (Å²) >= 11 is 0. The van der Waals surface area contributed by atoms with Crippen molar-refractivity contribution in [1.29, 1.82) is 0 Å². The molecule has 5 nitrogen and oxygen atoms in total. The predicted octanol–water partition coefficient (Wildman–Crippen LogP) is -2.58. The van der Waals surface area contributed by atoms with Gasteiger partial charge in [0, 0.05) is 0 Å². The lowest BCUT2D eigenvalue weighted by Gasteiger charge is -2.09. The first-order valence-corrected chi connectivity index (χ1v) is 2.97. The van der Waals surface area contributed by atoms with Crippen LogP contribution in [0.2, 0.25) is 0 Å². The van der Waals surface area contributed by atoms with Gasteiger partial charge >= 0.3 is 0 Å². The summed E-state index contributed by atoms with van der Waals surface area (Å²) in [5.41, 5.74) is 0. The summed E-state index contributed by atoms with van der Waals surface area (Å²) in [4.78, 5) is 0. The van der Waals surface area contributed by atoms with Crippen LogP contribution in [0.4, 0.5) is 0 Å². The Morgan fingerprint density at radius 2 is 1.70 bits per heavy atom. The van der Waals surface area contributed by atoms with Gasteiger partial charge in [-0.3, -0.25) is 0 Å². The van der Waals surface area contributed by atoms with Gasteiger partial charge in [0.15, 0.2) is 6.29 Å². The number of hydrogen-bond acceptors (Lipinski definition) is 5. The molecule has 60 valence electrons. The van der Waals surface area contributed by atoms with Crippen molar-refractivity contribution in [2.24, 2.45) is 0 Å². The Morgan fingerprint density at radius 3 is 1.90 bits per heavy atom. The van der Waals surface area contributed by atoms with Crippen molar-refractivity contribution in [3.05, 3.63) is 0 Å². The van der Waals surface area contributed by atoms with Crippen LogP contribution in [0, 0.1) is 0 Å². The van der Waals surface area contributed by atoms with Crippen LogP contribution in [0.5, 0.6) is 0 Å². The molecule has 0 aromatic rings. The third kappa shape index (κ3) is 1.14. The molecule has 10 heavy (non-hydrogen) atoms. The first-order chi connectivity index (χ1) is 4.66. The van der Waals surface area contributed by atoms with E-state index in [1.165, 1.54) is 0 Å². The molecule has 1 aliphatic rings. The smallest absolute Gasteiger partial charge is 0.184 e. The van der Waals surface area contributed by atoms with E-state index in [9.17, 15) is 0 Å². The maximum atomic E-state index is 8.93. The molecule has 0 amide bonds. The molecular weight excluding hydrogens is 140 g/mol. The van der Waals surface area contributed by atoms with E-state index in [4.69, 9.17) is 20.4 Å². The standard InChI is InChI=1S/C5H10O5/c6-1-2-3(7)4(8)5(9)10-2/h2-9H,1H2/t2-,3?,4+,5?/m1/s1. The van der Waals surface area contributed by atoms with Crippen LogP contribution >= 0.6 is 0 Å². The number of aliphatic hydroxyl groups excluding tert-OH is 4. The van der Waals surface area contributed by atoms with E-state index in [2.05, 4.69) is 4.74 Å². The fourth-order valence-corrected chi connectivity index (χ4v) is 0.880. The molecule has 0 saturated carbocycles. The number of rotatable bonds is 1. The van der Waals surface area contributed by atoms with Crippen molar-refractivity contribution in [1.82, 2.24) is 0 Å². The molecule has 1 heterocycles. The summed E-state index contributed by atoms with van der Waals surface area (Å²) in [5, 5.41) is 35.0. The Hall–Kier alpha value is -0.200. The molecule has 0 aliphatic carbocycles. The third-order valence-corrected chi connectivity index (χ3v) is 1.52.